The van der Waals surface area contributed by atoms with Gasteiger partial charge in [-0.15, -0.1) is 0 Å². The van der Waals surface area contributed by atoms with Crippen molar-refractivity contribution in [2.24, 2.45) is 0 Å². The summed E-state index contributed by atoms with van der Waals surface area (Å²) >= 11 is 0. The fourth-order valence-corrected chi connectivity index (χ4v) is 2.60. The number of rotatable bonds is 6. The summed E-state index contributed by atoms with van der Waals surface area (Å²) in [5.74, 6) is -0.289. The van der Waals surface area contributed by atoms with Crippen LogP contribution in [0, 0.1) is 0 Å². The Morgan fingerprint density at radius 3 is 2.54 bits per heavy atom. The zero-order valence-corrected chi connectivity index (χ0v) is 14.5. The molecule has 5 heteroatoms. The molecule has 5 nitrogen and oxygen atoms in total. The molecule has 0 saturated carbocycles. The van der Waals surface area contributed by atoms with Gasteiger partial charge in [-0.05, 0) is 31.0 Å². The second-order valence-electron chi connectivity index (χ2n) is 6.13. The molecule has 2 atom stereocenters. The van der Waals surface area contributed by atoms with E-state index in [0.717, 1.165) is 6.42 Å². The highest BCUT2D eigenvalue weighted by Gasteiger charge is 2.16. The highest BCUT2D eigenvalue weighted by molar-refractivity contribution is 5.94. The molecular weight excluding hydrogens is 302 g/mol. The Bertz CT molecular complexity index is 709. The number of carbonyl (C=O) groups is 2. The molecule has 24 heavy (non-hydrogen) atoms. The van der Waals surface area contributed by atoms with Crippen molar-refractivity contribution in [3.8, 4) is 0 Å². The maximum atomic E-state index is 11.9. The summed E-state index contributed by atoms with van der Waals surface area (Å²) in [6.07, 6.45) is 0.825. The van der Waals surface area contributed by atoms with Crippen LogP contribution in [0.15, 0.2) is 42.5 Å². The van der Waals surface area contributed by atoms with E-state index < -0.39 is 6.03 Å². The summed E-state index contributed by atoms with van der Waals surface area (Å²) in [5, 5.41) is 9.41. The van der Waals surface area contributed by atoms with Crippen LogP contribution in [0.25, 0.3) is 10.8 Å². The molecule has 0 aliphatic heterocycles. The van der Waals surface area contributed by atoms with Crippen molar-refractivity contribution in [3.05, 3.63) is 48.0 Å². The van der Waals surface area contributed by atoms with Crippen molar-refractivity contribution in [2.45, 2.75) is 39.3 Å². The molecular formula is C19H26N3O2+. The number of hydrogen-bond donors (Lipinski definition) is 3. The van der Waals surface area contributed by atoms with Crippen LogP contribution in [-0.4, -0.2) is 24.5 Å². The van der Waals surface area contributed by atoms with E-state index in [-0.39, 0.29) is 24.5 Å². The minimum atomic E-state index is -0.430. The quantitative estimate of drug-likeness (QED) is 0.759. The summed E-state index contributed by atoms with van der Waals surface area (Å²) in [7, 11) is 0. The lowest BCUT2D eigenvalue weighted by atomic mass is 10.00. The Morgan fingerprint density at radius 1 is 1.08 bits per heavy atom. The Balaban J connectivity index is 1.91. The van der Waals surface area contributed by atoms with Gasteiger partial charge in [0.2, 0.25) is 0 Å². The van der Waals surface area contributed by atoms with Crippen molar-refractivity contribution >= 4 is 22.7 Å². The third kappa shape index (κ3) is 4.80. The number of urea groups is 1. The molecule has 0 aliphatic rings. The Morgan fingerprint density at radius 2 is 1.79 bits per heavy atom. The molecule has 0 spiro atoms. The van der Waals surface area contributed by atoms with Gasteiger partial charge in [-0.2, -0.15) is 0 Å². The first-order valence-electron chi connectivity index (χ1n) is 8.42. The van der Waals surface area contributed by atoms with E-state index >= 15 is 0 Å². The average molecular weight is 328 g/mol. The summed E-state index contributed by atoms with van der Waals surface area (Å²) in [4.78, 5) is 23.6. The average Bonchev–Trinajstić information content (AvgIpc) is 2.58. The van der Waals surface area contributed by atoms with Crippen molar-refractivity contribution in [2.75, 3.05) is 6.54 Å². The molecule has 0 aromatic heterocycles. The van der Waals surface area contributed by atoms with Gasteiger partial charge < -0.3 is 10.6 Å². The molecule has 2 rings (SSSR count). The molecule has 0 aliphatic carbocycles. The number of amides is 3. The zero-order chi connectivity index (χ0) is 17.5. The van der Waals surface area contributed by atoms with Crippen LogP contribution < -0.4 is 16.0 Å². The van der Waals surface area contributed by atoms with E-state index in [1.807, 2.05) is 37.4 Å². The molecule has 0 unspecified atom stereocenters. The maximum absolute atomic E-state index is 11.9. The highest BCUT2D eigenvalue weighted by atomic mass is 16.2. The first-order chi connectivity index (χ1) is 11.5. The topological polar surface area (TPSA) is 74.8 Å². The van der Waals surface area contributed by atoms with Crippen LogP contribution in [0.3, 0.4) is 0 Å². The maximum Gasteiger partial charge on any atom is 0.321 e. The van der Waals surface area contributed by atoms with E-state index in [4.69, 9.17) is 0 Å². The summed E-state index contributed by atoms with van der Waals surface area (Å²) in [6.45, 7) is 6.15. The summed E-state index contributed by atoms with van der Waals surface area (Å²) in [6, 6.07) is 14.1. The Kier molecular flexibility index (Phi) is 6.32. The molecule has 2 aromatic rings. The Labute approximate surface area is 142 Å². The second-order valence-corrected chi connectivity index (χ2v) is 6.13. The third-order valence-corrected chi connectivity index (χ3v) is 4.21. The number of fused-ring (bicyclic) bond motifs is 1. The molecule has 0 saturated heterocycles. The van der Waals surface area contributed by atoms with Crippen molar-refractivity contribution < 1.29 is 14.9 Å². The predicted octanol–water partition coefficient (Wildman–Crippen LogP) is 2.09. The molecule has 0 bridgehead atoms. The smallest absolute Gasteiger partial charge is 0.321 e. The number of imide groups is 1. The van der Waals surface area contributed by atoms with Gasteiger partial charge in [0.25, 0.3) is 5.91 Å². The molecule has 0 radical (unpaired) electrons. The van der Waals surface area contributed by atoms with Crippen LogP contribution in [0.2, 0.25) is 0 Å². The summed E-state index contributed by atoms with van der Waals surface area (Å²) < 4.78 is 0. The van der Waals surface area contributed by atoms with Gasteiger partial charge in [-0.25, -0.2) is 4.79 Å². The van der Waals surface area contributed by atoms with Gasteiger partial charge in [0.15, 0.2) is 6.54 Å². The van der Waals surface area contributed by atoms with Crippen LogP contribution in [0.4, 0.5) is 4.79 Å². The SMILES string of the molecule is CC[C@H](C)NC(=O)NC(=O)C[NH2+][C@H](C)c1cccc2ccccc12. The predicted molar refractivity (Wildman–Crippen MR) is 95.6 cm³/mol. The number of nitrogens with one attached hydrogen (secondary N) is 2. The fraction of sp³-hybridized carbons (Fsp3) is 0.368. The van der Waals surface area contributed by atoms with Crippen molar-refractivity contribution in [3.63, 3.8) is 0 Å². The molecule has 3 amide bonds. The van der Waals surface area contributed by atoms with Crippen LogP contribution >= 0.6 is 0 Å². The molecule has 0 fully saturated rings. The van der Waals surface area contributed by atoms with Crippen LogP contribution in [0.5, 0.6) is 0 Å². The number of benzene rings is 2. The molecule has 4 N–H and O–H groups in total. The zero-order valence-electron chi connectivity index (χ0n) is 14.5. The standard InChI is InChI=1S/C19H25N3O2/c1-4-13(2)21-19(24)22-18(23)12-20-14(3)16-11-7-9-15-8-5-6-10-17(15)16/h5-11,13-14,20H,4,12H2,1-3H3,(H2,21,22,23,24)/p+1/t13-,14+/m0/s1. The van der Waals surface area contributed by atoms with Gasteiger partial charge in [-0.1, -0.05) is 49.4 Å². The molecule has 128 valence electrons. The van der Waals surface area contributed by atoms with E-state index in [0.29, 0.717) is 0 Å². The van der Waals surface area contributed by atoms with Crippen molar-refractivity contribution in [1.82, 2.24) is 10.6 Å². The normalized spacial score (nSPS) is 13.3. The van der Waals surface area contributed by atoms with Gasteiger partial charge in [0.05, 0.1) is 0 Å². The monoisotopic (exact) mass is 328 g/mol. The summed E-state index contributed by atoms with van der Waals surface area (Å²) in [5.41, 5.74) is 1.19. The lowest BCUT2D eigenvalue weighted by molar-refractivity contribution is -0.682. The Hall–Kier alpha value is -2.40. The van der Waals surface area contributed by atoms with Gasteiger partial charge >= 0.3 is 6.03 Å². The first-order valence-corrected chi connectivity index (χ1v) is 8.42. The van der Waals surface area contributed by atoms with Gasteiger partial charge in [-0.3, -0.25) is 10.1 Å². The van der Waals surface area contributed by atoms with Gasteiger partial charge in [0, 0.05) is 11.6 Å². The number of carbonyl (C=O) groups excluding carboxylic acids is 2. The van der Waals surface area contributed by atoms with Crippen molar-refractivity contribution in [1.29, 1.82) is 0 Å². The van der Waals surface area contributed by atoms with E-state index in [9.17, 15) is 9.59 Å². The molecule has 2 aromatic carbocycles. The minimum Gasteiger partial charge on any atom is -0.335 e. The van der Waals surface area contributed by atoms with E-state index in [2.05, 4.69) is 41.8 Å². The second kappa shape index (κ2) is 8.45. The van der Waals surface area contributed by atoms with Crippen LogP contribution in [-0.2, 0) is 4.79 Å². The minimum absolute atomic E-state index is 0.0522. The lowest BCUT2D eigenvalue weighted by Gasteiger charge is -2.14. The number of hydrogen-bond acceptors (Lipinski definition) is 2. The van der Waals surface area contributed by atoms with Crippen LogP contribution in [0.1, 0.15) is 38.8 Å². The lowest BCUT2D eigenvalue weighted by Crippen LogP contribution is -2.87. The largest absolute Gasteiger partial charge is 0.335 e. The highest BCUT2D eigenvalue weighted by Crippen LogP contribution is 2.21. The van der Waals surface area contributed by atoms with E-state index in [1.165, 1.54) is 16.3 Å². The number of nitrogens with two attached hydrogens (primary N) is 1. The van der Waals surface area contributed by atoms with E-state index in [1.54, 1.807) is 0 Å². The first kappa shape index (κ1) is 17.9. The molecule has 0 heterocycles. The number of quaternary nitrogens is 1. The fourth-order valence-electron chi connectivity index (χ4n) is 2.60. The van der Waals surface area contributed by atoms with Gasteiger partial charge in [0.1, 0.15) is 6.04 Å². The third-order valence-electron chi connectivity index (χ3n) is 4.21.